The number of hydrogen-bond donors (Lipinski definition) is 0. The van der Waals surface area contributed by atoms with Crippen LogP contribution in [0, 0.1) is 5.92 Å². The minimum Gasteiger partial charge on any atom is -0.296 e. The third kappa shape index (κ3) is 4.54. The third-order valence-electron chi connectivity index (χ3n) is 7.09. The lowest BCUT2D eigenvalue weighted by molar-refractivity contribution is 0.120. The fraction of sp³-hybridized carbons (Fsp3) is 0.682. The molecule has 3 heterocycles. The van der Waals surface area contributed by atoms with Crippen molar-refractivity contribution in [2.75, 3.05) is 19.6 Å². The molecule has 1 saturated carbocycles. The van der Waals surface area contributed by atoms with E-state index in [0.29, 0.717) is 23.4 Å². The number of likely N-dealkylation sites (tertiary alicyclic amines) is 1. The first-order chi connectivity index (χ1) is 15.1. The van der Waals surface area contributed by atoms with Crippen LogP contribution in [0.15, 0.2) is 35.2 Å². The van der Waals surface area contributed by atoms with Crippen molar-refractivity contribution in [3.8, 4) is 0 Å². The largest absolute Gasteiger partial charge is 0.296 e. The van der Waals surface area contributed by atoms with Crippen LogP contribution in [-0.2, 0) is 16.6 Å². The van der Waals surface area contributed by atoms with Gasteiger partial charge >= 0.3 is 0 Å². The van der Waals surface area contributed by atoms with Crippen LogP contribution in [0.4, 0.5) is 0 Å². The molecule has 1 atom stereocenters. The van der Waals surface area contributed by atoms with Gasteiger partial charge in [0.05, 0.1) is 17.5 Å². The summed E-state index contributed by atoms with van der Waals surface area (Å²) in [5.74, 6) is 1.37. The predicted octanol–water partition coefficient (Wildman–Crippen LogP) is 2.85. The lowest BCUT2D eigenvalue weighted by Gasteiger charge is -2.40. The first-order valence-corrected chi connectivity index (χ1v) is 13.1. The number of hydrogen-bond acceptors (Lipinski definition) is 6. The summed E-state index contributed by atoms with van der Waals surface area (Å²) in [6.07, 6.45) is 8.54. The normalized spacial score (nSPS) is 24.8. The number of benzene rings is 1. The lowest BCUT2D eigenvalue weighted by atomic mass is 9.87. The van der Waals surface area contributed by atoms with Crippen LogP contribution in [-0.4, -0.2) is 63.5 Å². The Labute approximate surface area is 184 Å². The van der Waals surface area contributed by atoms with E-state index in [0.717, 1.165) is 64.0 Å². The zero-order valence-corrected chi connectivity index (χ0v) is 18.8. The second kappa shape index (κ2) is 8.96. The fourth-order valence-corrected chi connectivity index (χ4v) is 7.00. The summed E-state index contributed by atoms with van der Waals surface area (Å²) in [4.78, 5) is 2.85. The Kier molecular flexibility index (Phi) is 6.08. The minimum atomic E-state index is -3.46. The van der Waals surface area contributed by atoms with Crippen molar-refractivity contribution in [3.63, 3.8) is 0 Å². The van der Waals surface area contributed by atoms with Crippen molar-refractivity contribution < 1.29 is 8.42 Å². The molecule has 8 nitrogen and oxygen atoms in total. The van der Waals surface area contributed by atoms with Gasteiger partial charge in [-0.15, -0.1) is 5.10 Å². The molecule has 0 unspecified atom stereocenters. The maximum atomic E-state index is 13.5. The number of nitrogens with zero attached hydrogens (tertiary/aromatic N) is 6. The van der Waals surface area contributed by atoms with Gasteiger partial charge in [0.1, 0.15) is 0 Å². The molecule has 0 amide bonds. The number of piperidine rings is 1. The average Bonchev–Trinajstić information content (AvgIpc) is 3.58. The number of rotatable bonds is 6. The van der Waals surface area contributed by atoms with Crippen LogP contribution in [0.3, 0.4) is 0 Å². The molecule has 2 saturated heterocycles. The minimum absolute atomic E-state index is 0.103. The van der Waals surface area contributed by atoms with E-state index in [4.69, 9.17) is 0 Å². The van der Waals surface area contributed by atoms with Gasteiger partial charge in [-0.25, -0.2) is 13.1 Å². The summed E-state index contributed by atoms with van der Waals surface area (Å²) in [6.45, 7) is 3.36. The Morgan fingerprint density at radius 3 is 2.42 bits per heavy atom. The third-order valence-corrected chi connectivity index (χ3v) is 9.03. The molecular formula is C22H32N6O2S. The molecule has 1 aromatic carbocycles. The first kappa shape index (κ1) is 21.0. The number of sulfonamides is 1. The molecule has 3 aliphatic rings. The summed E-state index contributed by atoms with van der Waals surface area (Å²) in [6, 6.07) is 9.54. The first-order valence-electron chi connectivity index (χ1n) is 11.7. The highest BCUT2D eigenvalue weighted by molar-refractivity contribution is 7.89. The topological polar surface area (TPSA) is 84.2 Å². The average molecular weight is 445 g/mol. The van der Waals surface area contributed by atoms with Gasteiger partial charge in [-0.3, -0.25) is 4.90 Å². The smallest absolute Gasteiger partial charge is 0.243 e. The van der Waals surface area contributed by atoms with Gasteiger partial charge in [0, 0.05) is 12.6 Å². The van der Waals surface area contributed by atoms with Gasteiger partial charge in [0.15, 0.2) is 5.82 Å². The highest BCUT2D eigenvalue weighted by Gasteiger charge is 2.38. The zero-order valence-electron chi connectivity index (χ0n) is 18.0. The monoisotopic (exact) mass is 444 g/mol. The molecule has 31 heavy (non-hydrogen) atoms. The molecule has 0 bridgehead atoms. The molecular weight excluding hydrogens is 412 g/mol. The van der Waals surface area contributed by atoms with Crippen molar-refractivity contribution in [3.05, 3.63) is 36.2 Å². The lowest BCUT2D eigenvalue weighted by Crippen LogP contribution is -2.47. The predicted molar refractivity (Wildman–Crippen MR) is 117 cm³/mol. The quantitative estimate of drug-likeness (QED) is 0.681. The van der Waals surface area contributed by atoms with Gasteiger partial charge in [-0.05, 0) is 80.1 Å². The Balaban J connectivity index is 1.27. The summed E-state index contributed by atoms with van der Waals surface area (Å²) in [7, 11) is -3.46. The van der Waals surface area contributed by atoms with E-state index < -0.39 is 10.0 Å². The molecule has 1 aliphatic carbocycles. The molecule has 5 rings (SSSR count). The van der Waals surface area contributed by atoms with E-state index in [-0.39, 0.29) is 6.04 Å². The molecule has 2 aromatic rings. The molecule has 168 valence electrons. The Morgan fingerprint density at radius 2 is 1.68 bits per heavy atom. The molecule has 1 aromatic heterocycles. The molecule has 3 fully saturated rings. The van der Waals surface area contributed by atoms with E-state index in [1.165, 1.54) is 12.8 Å². The van der Waals surface area contributed by atoms with E-state index in [9.17, 15) is 8.42 Å². The van der Waals surface area contributed by atoms with Gasteiger partial charge in [0.25, 0.3) is 0 Å². The fourth-order valence-electron chi connectivity index (χ4n) is 5.22. The summed E-state index contributed by atoms with van der Waals surface area (Å²) < 4.78 is 30.8. The van der Waals surface area contributed by atoms with Gasteiger partial charge in [-0.1, -0.05) is 31.0 Å². The number of tetrazole rings is 1. The Hall–Kier alpha value is -1.84. The maximum absolute atomic E-state index is 13.5. The van der Waals surface area contributed by atoms with E-state index in [1.54, 1.807) is 12.1 Å². The summed E-state index contributed by atoms with van der Waals surface area (Å²) >= 11 is 0. The van der Waals surface area contributed by atoms with Crippen LogP contribution in [0.5, 0.6) is 0 Å². The second-order valence-corrected chi connectivity index (χ2v) is 11.1. The van der Waals surface area contributed by atoms with E-state index in [1.807, 2.05) is 27.2 Å². The van der Waals surface area contributed by atoms with Crippen LogP contribution in [0.2, 0.25) is 0 Å². The van der Waals surface area contributed by atoms with Crippen molar-refractivity contribution in [1.82, 2.24) is 29.4 Å². The molecule has 0 N–H and O–H groups in total. The summed E-state index contributed by atoms with van der Waals surface area (Å²) in [5, 5.41) is 12.3. The molecule has 2 aliphatic heterocycles. The zero-order chi connectivity index (χ0) is 21.3. The van der Waals surface area contributed by atoms with E-state index >= 15 is 0 Å². The van der Waals surface area contributed by atoms with Crippen LogP contribution in [0.25, 0.3) is 0 Å². The van der Waals surface area contributed by atoms with Crippen LogP contribution >= 0.6 is 0 Å². The highest BCUT2D eigenvalue weighted by Crippen LogP contribution is 2.36. The Morgan fingerprint density at radius 1 is 0.903 bits per heavy atom. The molecule has 9 heteroatoms. The summed E-state index contributed by atoms with van der Waals surface area (Å²) in [5.41, 5.74) is 0. The van der Waals surface area contributed by atoms with Crippen LogP contribution < -0.4 is 0 Å². The van der Waals surface area contributed by atoms with Crippen molar-refractivity contribution in [1.29, 1.82) is 0 Å². The van der Waals surface area contributed by atoms with E-state index in [2.05, 4.69) is 20.4 Å². The standard InChI is InChI=1S/C22H32N6O2S/c29-31(30,20-7-3-1-4-8-20)27-14-6-2-5-9-21(27)18-12-15-26(16-13-18)17-22-23-24-25-28(22)19-10-11-19/h1,3-4,7-8,18-19,21H,2,5-6,9-17H2/t21-/m0/s1. The van der Waals surface area contributed by atoms with Crippen molar-refractivity contribution in [2.24, 2.45) is 5.92 Å². The maximum Gasteiger partial charge on any atom is 0.243 e. The van der Waals surface area contributed by atoms with Gasteiger partial charge in [-0.2, -0.15) is 4.31 Å². The number of aromatic nitrogens is 4. The van der Waals surface area contributed by atoms with Crippen molar-refractivity contribution >= 4 is 10.0 Å². The SMILES string of the molecule is O=S(=O)(c1ccccc1)N1CCCCC[C@H]1C1CCN(Cc2nnnn2C2CC2)CC1. The molecule has 0 radical (unpaired) electrons. The van der Waals surface area contributed by atoms with Crippen molar-refractivity contribution in [2.45, 2.75) is 74.9 Å². The Bertz CT molecular complexity index is 967. The van der Waals surface area contributed by atoms with Gasteiger partial charge in [0.2, 0.25) is 10.0 Å². The van der Waals surface area contributed by atoms with Crippen LogP contribution in [0.1, 0.15) is 63.2 Å². The highest BCUT2D eigenvalue weighted by atomic mass is 32.2. The van der Waals surface area contributed by atoms with Gasteiger partial charge < -0.3 is 0 Å². The molecule has 0 spiro atoms. The second-order valence-electron chi connectivity index (χ2n) is 9.23.